The molecule has 2 atom stereocenters. The fraction of sp³-hybridized carbons (Fsp3) is 0.895. The van der Waals surface area contributed by atoms with Crippen molar-refractivity contribution < 1.29 is 29.3 Å². The molecule has 0 aromatic heterocycles. The highest BCUT2D eigenvalue weighted by atomic mass is 16.5. The molecule has 1 heterocycles. The van der Waals surface area contributed by atoms with Crippen molar-refractivity contribution in [3.63, 3.8) is 0 Å². The van der Waals surface area contributed by atoms with Gasteiger partial charge in [0.2, 0.25) is 0 Å². The van der Waals surface area contributed by atoms with Gasteiger partial charge in [-0.2, -0.15) is 0 Å². The predicted octanol–water partition coefficient (Wildman–Crippen LogP) is 0.521. The van der Waals surface area contributed by atoms with Crippen molar-refractivity contribution in [2.24, 2.45) is 5.73 Å². The van der Waals surface area contributed by atoms with E-state index in [1.54, 1.807) is 0 Å². The second-order valence-electron chi connectivity index (χ2n) is 7.15. The summed E-state index contributed by atoms with van der Waals surface area (Å²) in [5.41, 5.74) is 5.44. The van der Waals surface area contributed by atoms with Gasteiger partial charge >= 0.3 is 11.9 Å². The number of carbonyl (C=O) groups is 2. The lowest BCUT2D eigenvalue weighted by atomic mass is 10.1. The molecule has 9 heteroatoms. The predicted molar refractivity (Wildman–Crippen MR) is 105 cm³/mol. The monoisotopic (exact) mass is 403 g/mol. The number of hydrogen-bond acceptors (Lipinski definition) is 7. The molecule has 1 rings (SSSR count). The standard InChI is InChI=1S/C19H37N3O6/c20-16(18(23)24)6-1-2-8-21-9-4-12-27-14-15-28-13-5-11-22-10-3-7-17(22)19(25)26/h16-17,21H,1-15,20H2,(H,23,24)(H,25,26). The largest absolute Gasteiger partial charge is 0.480 e. The normalized spacial score (nSPS) is 18.4. The lowest BCUT2D eigenvalue weighted by molar-refractivity contribution is -0.142. The van der Waals surface area contributed by atoms with Crippen LogP contribution in [0.5, 0.6) is 0 Å². The number of nitrogens with two attached hydrogens (primary N) is 1. The minimum Gasteiger partial charge on any atom is -0.480 e. The van der Waals surface area contributed by atoms with Crippen LogP contribution in [-0.2, 0) is 19.1 Å². The molecular formula is C19H37N3O6. The zero-order valence-electron chi connectivity index (χ0n) is 16.8. The Morgan fingerprint density at radius 1 is 1.04 bits per heavy atom. The smallest absolute Gasteiger partial charge is 0.320 e. The first kappa shape index (κ1) is 24.8. The summed E-state index contributed by atoms with van der Waals surface area (Å²) in [6, 6.07) is -1.07. The van der Waals surface area contributed by atoms with Crippen molar-refractivity contribution in [3.8, 4) is 0 Å². The SMILES string of the molecule is NC(CCCCNCCCOCCOCCCN1CCCC1C(=O)O)C(=O)O. The highest BCUT2D eigenvalue weighted by Crippen LogP contribution is 2.17. The molecular weight excluding hydrogens is 366 g/mol. The molecule has 0 bridgehead atoms. The molecule has 0 saturated carbocycles. The van der Waals surface area contributed by atoms with Gasteiger partial charge in [-0.25, -0.2) is 0 Å². The maximum absolute atomic E-state index is 11.1. The summed E-state index contributed by atoms with van der Waals surface area (Å²) in [6.07, 6.45) is 5.70. The van der Waals surface area contributed by atoms with Crippen LogP contribution in [0.25, 0.3) is 0 Å². The Kier molecular flexibility index (Phi) is 13.8. The summed E-state index contributed by atoms with van der Waals surface area (Å²) in [6.45, 7) is 5.78. The van der Waals surface area contributed by atoms with E-state index in [1.165, 1.54) is 0 Å². The van der Waals surface area contributed by atoms with Gasteiger partial charge in [0.05, 0.1) is 13.2 Å². The molecule has 0 amide bonds. The molecule has 2 unspecified atom stereocenters. The fourth-order valence-electron chi connectivity index (χ4n) is 3.23. The number of unbranched alkanes of at least 4 members (excludes halogenated alkanes) is 1. The second kappa shape index (κ2) is 15.6. The number of rotatable bonds is 18. The summed E-state index contributed by atoms with van der Waals surface area (Å²) >= 11 is 0. The van der Waals surface area contributed by atoms with Crippen molar-refractivity contribution >= 4 is 11.9 Å². The Balaban J connectivity index is 1.78. The maximum atomic E-state index is 11.1. The zero-order chi connectivity index (χ0) is 20.6. The Morgan fingerprint density at radius 2 is 1.71 bits per heavy atom. The molecule has 0 radical (unpaired) electrons. The Bertz CT molecular complexity index is 438. The number of hydrogen-bond donors (Lipinski definition) is 4. The topological polar surface area (TPSA) is 134 Å². The van der Waals surface area contributed by atoms with Gasteiger partial charge in [0.25, 0.3) is 0 Å². The van der Waals surface area contributed by atoms with Crippen LogP contribution in [-0.4, -0.2) is 91.7 Å². The number of aliphatic carboxylic acids is 2. The molecule has 1 saturated heterocycles. The minimum absolute atomic E-state index is 0.320. The third-order valence-electron chi connectivity index (χ3n) is 4.83. The second-order valence-corrected chi connectivity index (χ2v) is 7.15. The van der Waals surface area contributed by atoms with Crippen LogP contribution >= 0.6 is 0 Å². The lowest BCUT2D eigenvalue weighted by Gasteiger charge is -2.20. The first-order valence-corrected chi connectivity index (χ1v) is 10.3. The Labute approximate surface area is 167 Å². The summed E-state index contributed by atoms with van der Waals surface area (Å²) in [5, 5.41) is 21.1. The van der Waals surface area contributed by atoms with Crippen molar-refractivity contribution in [1.82, 2.24) is 10.2 Å². The van der Waals surface area contributed by atoms with Crippen molar-refractivity contribution in [2.75, 3.05) is 52.6 Å². The van der Waals surface area contributed by atoms with Gasteiger partial charge in [-0.15, -0.1) is 0 Å². The van der Waals surface area contributed by atoms with Crippen LogP contribution in [0.4, 0.5) is 0 Å². The highest BCUT2D eigenvalue weighted by molar-refractivity contribution is 5.73. The summed E-state index contributed by atoms with van der Waals surface area (Å²) < 4.78 is 11.0. The number of nitrogens with one attached hydrogen (secondary N) is 1. The highest BCUT2D eigenvalue weighted by Gasteiger charge is 2.29. The summed E-state index contributed by atoms with van der Waals surface area (Å²) in [5.74, 6) is -1.66. The molecule has 1 aliphatic heterocycles. The molecule has 5 N–H and O–H groups in total. The van der Waals surface area contributed by atoms with E-state index in [0.717, 1.165) is 64.7 Å². The molecule has 0 aromatic rings. The zero-order valence-corrected chi connectivity index (χ0v) is 16.8. The van der Waals surface area contributed by atoms with E-state index in [2.05, 4.69) is 5.32 Å². The van der Waals surface area contributed by atoms with Gasteiger partial charge in [0.1, 0.15) is 12.1 Å². The molecule has 0 aliphatic carbocycles. The molecule has 0 spiro atoms. The van der Waals surface area contributed by atoms with E-state index < -0.39 is 18.0 Å². The molecule has 9 nitrogen and oxygen atoms in total. The first-order chi connectivity index (χ1) is 13.5. The van der Waals surface area contributed by atoms with Crippen molar-refractivity contribution in [3.05, 3.63) is 0 Å². The minimum atomic E-state index is -0.937. The quantitative estimate of drug-likeness (QED) is 0.242. The van der Waals surface area contributed by atoms with Gasteiger partial charge in [-0.1, -0.05) is 6.42 Å². The molecule has 164 valence electrons. The molecule has 0 aromatic carbocycles. The maximum Gasteiger partial charge on any atom is 0.320 e. The van der Waals surface area contributed by atoms with E-state index in [1.807, 2.05) is 4.90 Å². The number of nitrogens with zero attached hydrogens (tertiary/aromatic N) is 1. The van der Waals surface area contributed by atoms with Crippen molar-refractivity contribution in [2.45, 2.75) is 57.0 Å². The van der Waals surface area contributed by atoms with E-state index >= 15 is 0 Å². The van der Waals surface area contributed by atoms with E-state index in [-0.39, 0.29) is 6.04 Å². The van der Waals surface area contributed by atoms with Gasteiger partial charge in [0.15, 0.2) is 0 Å². The first-order valence-electron chi connectivity index (χ1n) is 10.3. The average Bonchev–Trinajstić information content (AvgIpc) is 3.13. The lowest BCUT2D eigenvalue weighted by Crippen LogP contribution is -2.36. The van der Waals surface area contributed by atoms with Crippen LogP contribution in [0.3, 0.4) is 0 Å². The van der Waals surface area contributed by atoms with E-state index in [4.69, 9.17) is 25.4 Å². The van der Waals surface area contributed by atoms with E-state index in [0.29, 0.717) is 32.8 Å². The van der Waals surface area contributed by atoms with Gasteiger partial charge < -0.3 is 30.7 Å². The number of ether oxygens (including phenoxy) is 2. The average molecular weight is 404 g/mol. The molecule has 1 aliphatic rings. The van der Waals surface area contributed by atoms with Crippen LogP contribution in [0.15, 0.2) is 0 Å². The Morgan fingerprint density at radius 3 is 2.39 bits per heavy atom. The van der Waals surface area contributed by atoms with Crippen LogP contribution < -0.4 is 11.1 Å². The van der Waals surface area contributed by atoms with Gasteiger partial charge in [0, 0.05) is 19.8 Å². The molecule has 1 fully saturated rings. The Hall–Kier alpha value is -1.26. The summed E-state index contributed by atoms with van der Waals surface area (Å²) in [7, 11) is 0. The number of likely N-dealkylation sites (tertiary alicyclic amines) is 1. The summed E-state index contributed by atoms with van der Waals surface area (Å²) in [4.78, 5) is 23.7. The van der Waals surface area contributed by atoms with Gasteiger partial charge in [-0.05, 0) is 58.2 Å². The number of carboxylic acids is 2. The van der Waals surface area contributed by atoms with Crippen LogP contribution in [0.2, 0.25) is 0 Å². The van der Waals surface area contributed by atoms with Gasteiger partial charge in [-0.3, -0.25) is 14.5 Å². The number of carboxylic acid groups (broad SMARTS) is 2. The third-order valence-corrected chi connectivity index (χ3v) is 4.83. The third kappa shape index (κ3) is 11.6. The van der Waals surface area contributed by atoms with Crippen molar-refractivity contribution in [1.29, 1.82) is 0 Å². The van der Waals surface area contributed by atoms with Crippen LogP contribution in [0, 0.1) is 0 Å². The van der Waals surface area contributed by atoms with Crippen LogP contribution in [0.1, 0.15) is 44.9 Å². The fourth-order valence-corrected chi connectivity index (χ4v) is 3.23. The molecule has 28 heavy (non-hydrogen) atoms. The van der Waals surface area contributed by atoms with E-state index in [9.17, 15) is 9.59 Å².